The number of benzene rings is 1. The number of rotatable bonds is 3. The fourth-order valence-electron chi connectivity index (χ4n) is 1.81. The maximum Gasteiger partial charge on any atom is 0.180 e. The first-order valence-electron chi connectivity index (χ1n) is 5.11. The van der Waals surface area contributed by atoms with E-state index in [0.29, 0.717) is 13.2 Å². The molecule has 1 aliphatic rings. The third kappa shape index (κ3) is 2.02. The molecule has 0 spiro atoms. The molecular weight excluding hydrogens is 190 g/mol. The zero-order valence-electron chi connectivity index (χ0n) is 9.12. The first kappa shape index (κ1) is 10.2. The number of ether oxygens (including phenoxy) is 1. The predicted molar refractivity (Wildman–Crippen MR) is 58.5 cm³/mol. The lowest BCUT2D eigenvalue weighted by molar-refractivity contribution is 0.0955. The maximum absolute atomic E-state index is 11.9. The highest BCUT2D eigenvalue weighted by Crippen LogP contribution is 2.29. The highest BCUT2D eigenvalue weighted by molar-refractivity contribution is 6.00. The highest BCUT2D eigenvalue weighted by Gasteiger charge is 2.20. The molecule has 0 bridgehead atoms. The van der Waals surface area contributed by atoms with E-state index in [9.17, 15) is 4.79 Å². The van der Waals surface area contributed by atoms with Crippen molar-refractivity contribution in [2.45, 2.75) is 6.42 Å². The van der Waals surface area contributed by atoms with Crippen LogP contribution in [-0.4, -0.2) is 37.9 Å². The average Bonchev–Trinajstić information content (AvgIpc) is 2.63. The van der Waals surface area contributed by atoms with Crippen molar-refractivity contribution < 1.29 is 9.53 Å². The van der Waals surface area contributed by atoms with Crippen molar-refractivity contribution >= 4 is 5.78 Å². The normalized spacial score (nSPS) is 13.8. The largest absolute Gasteiger partial charge is 0.492 e. The van der Waals surface area contributed by atoms with Crippen molar-refractivity contribution in [3.05, 3.63) is 29.3 Å². The lowest BCUT2D eigenvalue weighted by atomic mass is 10.0. The van der Waals surface area contributed by atoms with Gasteiger partial charge in [0.25, 0.3) is 0 Å². The summed E-state index contributed by atoms with van der Waals surface area (Å²) in [4.78, 5) is 13.8. The number of likely N-dealkylation sites (N-methyl/N-ethyl adjacent to an activating group) is 1. The zero-order chi connectivity index (χ0) is 10.8. The highest BCUT2D eigenvalue weighted by atomic mass is 16.5. The van der Waals surface area contributed by atoms with Crippen LogP contribution in [0.1, 0.15) is 15.9 Å². The Morgan fingerprint density at radius 3 is 3.00 bits per heavy atom. The van der Waals surface area contributed by atoms with Crippen molar-refractivity contribution in [3.8, 4) is 5.75 Å². The number of para-hydroxylation sites is 1. The van der Waals surface area contributed by atoms with E-state index >= 15 is 0 Å². The van der Waals surface area contributed by atoms with Gasteiger partial charge < -0.3 is 9.64 Å². The van der Waals surface area contributed by atoms with Gasteiger partial charge in [0, 0.05) is 6.42 Å². The Kier molecular flexibility index (Phi) is 2.73. The minimum atomic E-state index is 0.124. The molecule has 3 nitrogen and oxygen atoms in total. The quantitative estimate of drug-likeness (QED) is 0.698. The summed E-state index contributed by atoms with van der Waals surface area (Å²) < 4.78 is 5.49. The first-order chi connectivity index (χ1) is 7.18. The second kappa shape index (κ2) is 4.03. The van der Waals surface area contributed by atoms with Gasteiger partial charge in [-0.05, 0) is 25.7 Å². The van der Waals surface area contributed by atoms with Crippen LogP contribution in [0.15, 0.2) is 18.2 Å². The molecule has 0 amide bonds. The smallest absolute Gasteiger partial charge is 0.180 e. The Hall–Kier alpha value is -1.35. The first-order valence-corrected chi connectivity index (χ1v) is 5.11. The van der Waals surface area contributed by atoms with Gasteiger partial charge in [-0.1, -0.05) is 12.1 Å². The lowest BCUT2D eigenvalue weighted by Crippen LogP contribution is -2.22. The number of hydrogen-bond donors (Lipinski definition) is 0. The molecule has 0 aliphatic carbocycles. The van der Waals surface area contributed by atoms with Gasteiger partial charge in [0.15, 0.2) is 5.78 Å². The van der Waals surface area contributed by atoms with Crippen molar-refractivity contribution in [2.75, 3.05) is 27.2 Å². The molecule has 1 aliphatic heterocycles. The van der Waals surface area contributed by atoms with E-state index in [1.54, 1.807) is 0 Å². The molecule has 0 saturated carbocycles. The number of ketones is 1. The number of carbonyl (C=O) groups excluding carboxylic acids is 1. The van der Waals surface area contributed by atoms with Gasteiger partial charge in [-0.3, -0.25) is 4.79 Å². The van der Waals surface area contributed by atoms with Crippen LogP contribution in [-0.2, 0) is 6.42 Å². The minimum absolute atomic E-state index is 0.124. The van der Waals surface area contributed by atoms with E-state index in [2.05, 4.69) is 0 Å². The van der Waals surface area contributed by atoms with Crippen LogP contribution in [0, 0.1) is 0 Å². The second-order valence-electron chi connectivity index (χ2n) is 4.05. The summed E-state index contributed by atoms with van der Waals surface area (Å²) in [6, 6.07) is 5.79. The van der Waals surface area contributed by atoms with E-state index in [0.717, 1.165) is 23.3 Å². The Morgan fingerprint density at radius 2 is 2.27 bits per heavy atom. The van der Waals surface area contributed by atoms with Crippen LogP contribution in [0.25, 0.3) is 0 Å². The molecule has 0 atom stereocenters. The molecule has 3 heteroatoms. The van der Waals surface area contributed by atoms with Crippen molar-refractivity contribution in [2.24, 2.45) is 0 Å². The number of hydrogen-bond acceptors (Lipinski definition) is 3. The summed E-state index contributed by atoms with van der Waals surface area (Å²) >= 11 is 0. The summed E-state index contributed by atoms with van der Waals surface area (Å²) in [7, 11) is 3.78. The molecule has 1 heterocycles. The Labute approximate surface area is 89.7 Å². The molecule has 2 rings (SSSR count). The molecule has 0 N–H and O–H groups in total. The van der Waals surface area contributed by atoms with Crippen molar-refractivity contribution in [1.29, 1.82) is 0 Å². The molecule has 1 aromatic rings. The standard InChI is InChI=1S/C12H15NO2/c1-13(2)8-11(14)10-5-3-4-9-6-7-15-12(9)10/h3-5H,6-8H2,1-2H3. The summed E-state index contributed by atoms with van der Waals surface area (Å²) in [6.07, 6.45) is 0.915. The molecule has 0 saturated heterocycles. The summed E-state index contributed by atoms with van der Waals surface area (Å²) in [6.45, 7) is 1.13. The van der Waals surface area contributed by atoms with Crippen LogP contribution in [0.3, 0.4) is 0 Å². The minimum Gasteiger partial charge on any atom is -0.492 e. The Bertz CT molecular complexity index is 385. The van der Waals surface area contributed by atoms with E-state index < -0.39 is 0 Å². The Balaban J connectivity index is 2.29. The number of carbonyl (C=O) groups is 1. The fourth-order valence-corrected chi connectivity index (χ4v) is 1.81. The van der Waals surface area contributed by atoms with Gasteiger partial charge in [0.1, 0.15) is 5.75 Å². The fraction of sp³-hybridized carbons (Fsp3) is 0.417. The van der Waals surface area contributed by atoms with Crippen LogP contribution >= 0.6 is 0 Å². The van der Waals surface area contributed by atoms with Gasteiger partial charge in [0.05, 0.1) is 18.7 Å². The maximum atomic E-state index is 11.9. The number of Topliss-reactive ketones (excluding diaryl/α,β-unsaturated/α-hetero) is 1. The lowest BCUT2D eigenvalue weighted by Gasteiger charge is -2.10. The van der Waals surface area contributed by atoms with Crippen LogP contribution in [0.2, 0.25) is 0 Å². The monoisotopic (exact) mass is 205 g/mol. The molecule has 15 heavy (non-hydrogen) atoms. The molecule has 0 aromatic heterocycles. The van der Waals surface area contributed by atoms with E-state index in [1.165, 1.54) is 0 Å². The molecule has 0 radical (unpaired) electrons. The van der Waals surface area contributed by atoms with E-state index in [-0.39, 0.29) is 5.78 Å². The van der Waals surface area contributed by atoms with E-state index in [1.807, 2.05) is 37.2 Å². The topological polar surface area (TPSA) is 29.5 Å². The molecule has 0 unspecified atom stereocenters. The summed E-state index contributed by atoms with van der Waals surface area (Å²) in [5.41, 5.74) is 1.87. The van der Waals surface area contributed by atoms with Gasteiger partial charge in [-0.15, -0.1) is 0 Å². The molecule has 80 valence electrons. The molecule has 1 aromatic carbocycles. The summed E-state index contributed by atoms with van der Waals surface area (Å²) in [5.74, 6) is 0.920. The SMILES string of the molecule is CN(C)CC(=O)c1cccc2c1OCC2. The van der Waals surface area contributed by atoms with Gasteiger partial charge >= 0.3 is 0 Å². The van der Waals surface area contributed by atoms with E-state index in [4.69, 9.17) is 4.74 Å². The number of fused-ring (bicyclic) bond motifs is 1. The molecule has 0 fully saturated rings. The number of nitrogens with zero attached hydrogens (tertiary/aromatic N) is 1. The summed E-state index contributed by atoms with van der Waals surface area (Å²) in [5, 5.41) is 0. The van der Waals surface area contributed by atoms with Gasteiger partial charge in [0.2, 0.25) is 0 Å². The van der Waals surface area contributed by atoms with Crippen LogP contribution < -0.4 is 4.74 Å². The van der Waals surface area contributed by atoms with Crippen LogP contribution in [0.4, 0.5) is 0 Å². The zero-order valence-corrected chi connectivity index (χ0v) is 9.12. The third-order valence-electron chi connectivity index (χ3n) is 2.47. The Morgan fingerprint density at radius 1 is 1.47 bits per heavy atom. The second-order valence-corrected chi connectivity index (χ2v) is 4.05. The van der Waals surface area contributed by atoms with Gasteiger partial charge in [-0.25, -0.2) is 0 Å². The van der Waals surface area contributed by atoms with Crippen molar-refractivity contribution in [3.63, 3.8) is 0 Å². The van der Waals surface area contributed by atoms with Gasteiger partial charge in [-0.2, -0.15) is 0 Å². The molecular formula is C12H15NO2. The van der Waals surface area contributed by atoms with Crippen LogP contribution in [0.5, 0.6) is 5.75 Å². The predicted octanol–water partition coefficient (Wildman–Crippen LogP) is 1.37. The third-order valence-corrected chi connectivity index (χ3v) is 2.47. The average molecular weight is 205 g/mol. The van der Waals surface area contributed by atoms with Crippen molar-refractivity contribution in [1.82, 2.24) is 4.90 Å².